The molecule has 0 aliphatic rings. The second kappa shape index (κ2) is 5.49. The number of hydrogen-bond acceptors (Lipinski definition) is 6. The smallest absolute Gasteiger partial charge is 0.273 e. The van der Waals surface area contributed by atoms with Gasteiger partial charge >= 0.3 is 0 Å². The number of nitrogens with zero attached hydrogens (tertiary/aromatic N) is 1. The molecule has 0 aliphatic carbocycles. The molecule has 0 spiro atoms. The van der Waals surface area contributed by atoms with Crippen molar-refractivity contribution in [2.45, 2.75) is 0 Å². The largest absolute Gasteiger partial charge is 0.493 e. The highest BCUT2D eigenvalue weighted by Gasteiger charge is 2.13. The van der Waals surface area contributed by atoms with Crippen molar-refractivity contribution in [1.29, 1.82) is 0 Å². The van der Waals surface area contributed by atoms with E-state index < -0.39 is 4.92 Å². The number of nitro benzene ring substituents is 1. The zero-order valence-corrected chi connectivity index (χ0v) is 10.7. The Morgan fingerprint density at radius 1 is 1.32 bits per heavy atom. The van der Waals surface area contributed by atoms with E-state index in [1.54, 1.807) is 11.4 Å². The molecule has 0 unspecified atom stereocenters. The summed E-state index contributed by atoms with van der Waals surface area (Å²) in [5.41, 5.74) is -0.0957. The summed E-state index contributed by atoms with van der Waals surface area (Å²) in [6, 6.07) is 5.61. The lowest BCUT2D eigenvalue weighted by molar-refractivity contribution is -0.384. The van der Waals surface area contributed by atoms with Crippen LogP contribution in [-0.2, 0) is 0 Å². The Labute approximate surface area is 112 Å². The molecule has 0 atom stereocenters. The summed E-state index contributed by atoms with van der Waals surface area (Å²) in [7, 11) is 1.44. The van der Waals surface area contributed by atoms with Crippen LogP contribution < -0.4 is 9.47 Å². The maximum atomic E-state index is 10.7. The van der Waals surface area contributed by atoms with Crippen molar-refractivity contribution in [3.05, 3.63) is 44.6 Å². The number of rotatable bonds is 5. The lowest BCUT2D eigenvalue weighted by atomic mass is 10.3. The minimum absolute atomic E-state index is 0.0957. The molecular formula is C12H9NO5S. The number of non-ortho nitro benzene ring substituents is 1. The minimum atomic E-state index is -0.517. The predicted molar refractivity (Wildman–Crippen MR) is 69.4 cm³/mol. The molecule has 19 heavy (non-hydrogen) atoms. The number of ether oxygens (including phenoxy) is 2. The normalized spacial score (nSPS) is 9.95. The third-order valence-electron chi connectivity index (χ3n) is 2.30. The zero-order valence-electron chi connectivity index (χ0n) is 9.86. The molecule has 0 amide bonds. The van der Waals surface area contributed by atoms with Crippen molar-refractivity contribution >= 4 is 23.3 Å². The summed E-state index contributed by atoms with van der Waals surface area (Å²) in [6.45, 7) is 0. The number of carbonyl (C=O) groups excluding carboxylic acids is 1. The first-order valence-corrected chi connectivity index (χ1v) is 6.06. The highest BCUT2D eigenvalue weighted by atomic mass is 32.1. The molecule has 1 heterocycles. The van der Waals surface area contributed by atoms with Gasteiger partial charge in [-0.25, -0.2) is 0 Å². The number of nitro groups is 1. The van der Waals surface area contributed by atoms with Crippen LogP contribution in [0.2, 0.25) is 0 Å². The molecule has 0 fully saturated rings. The van der Waals surface area contributed by atoms with Gasteiger partial charge in [0.05, 0.1) is 23.0 Å². The Bertz CT molecular complexity index is 622. The van der Waals surface area contributed by atoms with Crippen LogP contribution in [0.5, 0.6) is 17.2 Å². The maximum absolute atomic E-state index is 10.7. The van der Waals surface area contributed by atoms with E-state index in [2.05, 4.69) is 0 Å². The highest BCUT2D eigenvalue weighted by Crippen LogP contribution is 2.35. The number of aldehydes is 1. The van der Waals surface area contributed by atoms with Gasteiger partial charge in [-0.3, -0.25) is 14.9 Å². The maximum Gasteiger partial charge on any atom is 0.273 e. The zero-order chi connectivity index (χ0) is 13.8. The fourth-order valence-electron chi connectivity index (χ4n) is 1.44. The van der Waals surface area contributed by atoms with Gasteiger partial charge in [0.2, 0.25) is 0 Å². The molecule has 2 aromatic rings. The van der Waals surface area contributed by atoms with Crippen molar-refractivity contribution in [2.24, 2.45) is 0 Å². The summed E-state index contributed by atoms with van der Waals surface area (Å²) in [5, 5.41) is 12.4. The first kappa shape index (κ1) is 13.0. The summed E-state index contributed by atoms with van der Waals surface area (Å²) in [5.74, 6) is 1.04. The van der Waals surface area contributed by atoms with Crippen molar-refractivity contribution in [2.75, 3.05) is 7.11 Å². The predicted octanol–water partition coefficient (Wildman–Crippen LogP) is 3.27. The third kappa shape index (κ3) is 2.89. The molecule has 0 N–H and O–H groups in total. The van der Waals surface area contributed by atoms with Crippen molar-refractivity contribution in [3.63, 3.8) is 0 Å². The molecular weight excluding hydrogens is 270 g/mol. The van der Waals surface area contributed by atoms with Crippen molar-refractivity contribution < 1.29 is 19.2 Å². The first-order valence-electron chi connectivity index (χ1n) is 5.18. The van der Waals surface area contributed by atoms with Crippen LogP contribution >= 0.6 is 11.3 Å². The lowest BCUT2D eigenvalue weighted by Crippen LogP contribution is -1.93. The number of carbonyl (C=O) groups is 1. The van der Waals surface area contributed by atoms with E-state index in [-0.39, 0.29) is 11.4 Å². The van der Waals surface area contributed by atoms with Crippen LogP contribution in [0.4, 0.5) is 5.69 Å². The summed E-state index contributed by atoms with van der Waals surface area (Å²) in [4.78, 5) is 21.3. The fraction of sp³-hybridized carbons (Fsp3) is 0.0833. The Balaban J connectivity index is 2.33. The van der Waals surface area contributed by atoms with E-state index in [0.717, 1.165) is 0 Å². The van der Waals surface area contributed by atoms with E-state index in [1.165, 1.54) is 36.6 Å². The van der Waals surface area contributed by atoms with Gasteiger partial charge in [-0.2, -0.15) is 0 Å². The van der Waals surface area contributed by atoms with E-state index in [4.69, 9.17) is 9.47 Å². The Hall–Kier alpha value is -2.41. The van der Waals surface area contributed by atoms with Crippen molar-refractivity contribution in [3.8, 4) is 17.2 Å². The van der Waals surface area contributed by atoms with Gasteiger partial charge in [0.1, 0.15) is 5.75 Å². The van der Waals surface area contributed by atoms with E-state index in [9.17, 15) is 14.9 Å². The monoisotopic (exact) mass is 279 g/mol. The van der Waals surface area contributed by atoms with Crippen LogP contribution in [0.15, 0.2) is 29.6 Å². The third-order valence-corrected chi connectivity index (χ3v) is 3.13. The molecule has 0 bridgehead atoms. The average molecular weight is 279 g/mol. The molecule has 0 aliphatic heterocycles. The Kier molecular flexibility index (Phi) is 3.76. The van der Waals surface area contributed by atoms with Gasteiger partial charge in [0.15, 0.2) is 17.8 Å². The quantitative estimate of drug-likeness (QED) is 0.477. The number of methoxy groups -OCH3 is 1. The van der Waals surface area contributed by atoms with Crippen molar-refractivity contribution in [1.82, 2.24) is 0 Å². The van der Waals surface area contributed by atoms with E-state index in [1.807, 2.05) is 0 Å². The van der Waals surface area contributed by atoms with Gasteiger partial charge in [0, 0.05) is 17.5 Å². The average Bonchev–Trinajstić information content (AvgIpc) is 2.86. The van der Waals surface area contributed by atoms with Crippen LogP contribution in [-0.4, -0.2) is 18.3 Å². The molecule has 2 rings (SSSR count). The van der Waals surface area contributed by atoms with Gasteiger partial charge in [-0.15, -0.1) is 11.3 Å². The van der Waals surface area contributed by atoms with Gasteiger partial charge < -0.3 is 9.47 Å². The Morgan fingerprint density at radius 2 is 2.11 bits per heavy atom. The molecule has 0 saturated carbocycles. The summed E-state index contributed by atoms with van der Waals surface area (Å²) >= 11 is 1.23. The summed E-state index contributed by atoms with van der Waals surface area (Å²) in [6.07, 6.45) is 0.711. The van der Waals surface area contributed by atoms with E-state index >= 15 is 0 Å². The standard InChI is InChI=1S/C12H9NO5S/c1-17-11-3-2-8(13(15)16)4-12(11)18-9-5-10(6-14)19-7-9/h2-7H,1H3. The fourth-order valence-corrected chi connectivity index (χ4v) is 2.04. The molecule has 7 heteroatoms. The number of thiophene rings is 1. The number of hydrogen-bond donors (Lipinski definition) is 0. The van der Waals surface area contributed by atoms with Crippen LogP contribution in [0, 0.1) is 10.1 Å². The van der Waals surface area contributed by atoms with Gasteiger partial charge in [-0.05, 0) is 6.07 Å². The van der Waals surface area contributed by atoms with Crippen LogP contribution in [0.1, 0.15) is 9.67 Å². The summed E-state index contributed by atoms with van der Waals surface area (Å²) < 4.78 is 10.6. The second-order valence-corrected chi connectivity index (χ2v) is 4.44. The first-order chi connectivity index (χ1) is 9.13. The topological polar surface area (TPSA) is 78.7 Å². The van der Waals surface area contributed by atoms with Crippen LogP contribution in [0.3, 0.4) is 0 Å². The molecule has 0 radical (unpaired) electrons. The lowest BCUT2D eigenvalue weighted by Gasteiger charge is -2.08. The molecule has 6 nitrogen and oxygen atoms in total. The van der Waals surface area contributed by atoms with Gasteiger partial charge in [-0.1, -0.05) is 0 Å². The molecule has 0 saturated heterocycles. The Morgan fingerprint density at radius 3 is 2.68 bits per heavy atom. The second-order valence-electron chi connectivity index (χ2n) is 3.50. The molecule has 1 aromatic heterocycles. The SMILES string of the molecule is COc1ccc([N+](=O)[O-])cc1Oc1csc(C=O)c1. The minimum Gasteiger partial charge on any atom is -0.493 e. The van der Waals surface area contributed by atoms with E-state index in [0.29, 0.717) is 22.7 Å². The molecule has 1 aromatic carbocycles. The van der Waals surface area contributed by atoms with Crippen LogP contribution in [0.25, 0.3) is 0 Å². The van der Waals surface area contributed by atoms with Gasteiger partial charge in [0.25, 0.3) is 5.69 Å². The highest BCUT2D eigenvalue weighted by molar-refractivity contribution is 7.11. The number of benzene rings is 1. The molecule has 98 valence electrons.